The number of methoxy groups -OCH3 is 1. The molecule has 9 nitrogen and oxygen atoms in total. The Morgan fingerprint density at radius 1 is 1.03 bits per heavy atom. The van der Waals surface area contributed by atoms with Gasteiger partial charge in [-0.2, -0.15) is 5.10 Å². The molecule has 1 N–H and O–H groups in total. The van der Waals surface area contributed by atoms with Gasteiger partial charge in [-0.05, 0) is 48.9 Å². The standard InChI is InChI=1S/C26H24N6O3/c1-34-23-14-17(4-6-22(23)35-12-11-31-10-2-3-25(31)33)20-5-7-24-28-16-21(32(24)30-20)19-13-18-8-9-27-26(18)29-15-19/h4-9,13-16H,2-3,10-12H2,1H3,(H,27,29). The number of ether oxygens (including phenoxy) is 2. The molecule has 1 aliphatic rings. The van der Waals surface area contributed by atoms with Gasteiger partial charge in [-0.15, -0.1) is 0 Å². The van der Waals surface area contributed by atoms with E-state index in [1.165, 1.54) is 0 Å². The summed E-state index contributed by atoms with van der Waals surface area (Å²) in [4.78, 5) is 25.8. The fourth-order valence-electron chi connectivity index (χ4n) is 4.46. The fourth-order valence-corrected chi connectivity index (χ4v) is 4.46. The quantitative estimate of drug-likeness (QED) is 0.388. The molecule has 0 unspecified atom stereocenters. The summed E-state index contributed by atoms with van der Waals surface area (Å²) in [5, 5.41) is 5.89. The molecule has 1 amide bonds. The smallest absolute Gasteiger partial charge is 0.222 e. The van der Waals surface area contributed by atoms with E-state index in [4.69, 9.17) is 14.6 Å². The average molecular weight is 469 g/mol. The van der Waals surface area contributed by atoms with Gasteiger partial charge in [-0.25, -0.2) is 14.5 Å². The minimum Gasteiger partial charge on any atom is -0.493 e. The maximum absolute atomic E-state index is 11.8. The molecule has 6 rings (SSSR count). The Morgan fingerprint density at radius 2 is 1.97 bits per heavy atom. The summed E-state index contributed by atoms with van der Waals surface area (Å²) in [6.07, 6.45) is 7.06. The van der Waals surface area contributed by atoms with Crippen LogP contribution in [0.25, 0.3) is 39.2 Å². The van der Waals surface area contributed by atoms with Crippen molar-refractivity contribution in [2.24, 2.45) is 0 Å². The van der Waals surface area contributed by atoms with Crippen molar-refractivity contribution in [2.75, 3.05) is 26.8 Å². The van der Waals surface area contributed by atoms with E-state index in [1.54, 1.807) is 7.11 Å². The number of carbonyl (C=O) groups excluding carboxylic acids is 1. The van der Waals surface area contributed by atoms with E-state index < -0.39 is 0 Å². The molecule has 0 bridgehead atoms. The van der Waals surface area contributed by atoms with Gasteiger partial charge in [-0.1, -0.05) is 0 Å². The summed E-state index contributed by atoms with van der Waals surface area (Å²) in [5.41, 5.74) is 5.07. The highest BCUT2D eigenvalue weighted by molar-refractivity contribution is 5.81. The number of amides is 1. The van der Waals surface area contributed by atoms with E-state index in [9.17, 15) is 4.79 Å². The number of rotatable bonds is 7. The van der Waals surface area contributed by atoms with E-state index in [0.29, 0.717) is 31.1 Å². The van der Waals surface area contributed by atoms with Gasteiger partial charge in [0.2, 0.25) is 5.91 Å². The van der Waals surface area contributed by atoms with Crippen molar-refractivity contribution in [3.8, 4) is 34.0 Å². The topological polar surface area (TPSA) is 97.6 Å². The molecule has 176 valence electrons. The second-order valence-electron chi connectivity index (χ2n) is 8.47. The van der Waals surface area contributed by atoms with Crippen molar-refractivity contribution in [3.63, 3.8) is 0 Å². The number of hydrogen-bond donors (Lipinski definition) is 1. The largest absolute Gasteiger partial charge is 0.493 e. The molecule has 9 heteroatoms. The molecule has 4 aromatic heterocycles. The Kier molecular flexibility index (Phi) is 5.29. The number of aromatic amines is 1. The Bertz CT molecular complexity index is 1540. The van der Waals surface area contributed by atoms with Gasteiger partial charge < -0.3 is 19.4 Å². The number of aromatic nitrogens is 5. The summed E-state index contributed by atoms with van der Waals surface area (Å²) in [6, 6.07) is 13.7. The first kappa shape index (κ1) is 21.2. The molecule has 1 saturated heterocycles. The third-order valence-corrected chi connectivity index (χ3v) is 6.31. The minimum atomic E-state index is 0.194. The molecule has 35 heavy (non-hydrogen) atoms. The Balaban J connectivity index is 1.27. The highest BCUT2D eigenvalue weighted by Gasteiger charge is 2.20. The minimum absolute atomic E-state index is 0.194. The fraction of sp³-hybridized carbons (Fsp3) is 0.231. The van der Waals surface area contributed by atoms with Crippen molar-refractivity contribution in [1.29, 1.82) is 0 Å². The van der Waals surface area contributed by atoms with Gasteiger partial charge in [0.1, 0.15) is 12.3 Å². The van der Waals surface area contributed by atoms with Crippen molar-refractivity contribution >= 4 is 22.6 Å². The third-order valence-electron chi connectivity index (χ3n) is 6.31. The molecule has 0 saturated carbocycles. The van der Waals surface area contributed by atoms with Crippen molar-refractivity contribution in [3.05, 3.63) is 61.1 Å². The number of fused-ring (bicyclic) bond motifs is 2. The zero-order valence-corrected chi connectivity index (χ0v) is 19.3. The van der Waals surface area contributed by atoms with Crippen LogP contribution >= 0.6 is 0 Å². The van der Waals surface area contributed by atoms with Crippen LogP contribution in [0.15, 0.2) is 61.1 Å². The number of hydrogen-bond acceptors (Lipinski definition) is 6. The lowest BCUT2D eigenvalue weighted by Crippen LogP contribution is -2.29. The molecule has 1 fully saturated rings. The van der Waals surface area contributed by atoms with Crippen LogP contribution in [-0.2, 0) is 4.79 Å². The number of H-pyrrole nitrogens is 1. The molecule has 5 aromatic rings. The van der Waals surface area contributed by atoms with E-state index >= 15 is 0 Å². The predicted molar refractivity (Wildman–Crippen MR) is 131 cm³/mol. The molecular weight excluding hydrogens is 444 g/mol. The van der Waals surface area contributed by atoms with E-state index in [2.05, 4.69) is 21.0 Å². The zero-order valence-electron chi connectivity index (χ0n) is 19.3. The summed E-state index contributed by atoms with van der Waals surface area (Å²) in [7, 11) is 1.62. The van der Waals surface area contributed by atoms with Gasteiger partial charge in [0, 0.05) is 41.9 Å². The second-order valence-corrected chi connectivity index (χ2v) is 8.47. The van der Waals surface area contributed by atoms with Gasteiger partial charge in [0.15, 0.2) is 17.1 Å². The molecule has 5 heterocycles. The first-order valence-electron chi connectivity index (χ1n) is 11.6. The maximum atomic E-state index is 11.8. The highest BCUT2D eigenvalue weighted by Crippen LogP contribution is 2.32. The molecular formula is C26H24N6O3. The lowest BCUT2D eigenvalue weighted by molar-refractivity contribution is -0.128. The summed E-state index contributed by atoms with van der Waals surface area (Å²) < 4.78 is 13.3. The average Bonchev–Trinajstić information content (AvgIpc) is 3.63. The van der Waals surface area contributed by atoms with Crippen LogP contribution in [0.4, 0.5) is 0 Å². The Hall–Kier alpha value is -4.40. The lowest BCUT2D eigenvalue weighted by Gasteiger charge is -2.17. The normalized spacial score (nSPS) is 13.7. The Morgan fingerprint density at radius 3 is 2.83 bits per heavy atom. The number of likely N-dealkylation sites (tertiary alicyclic amines) is 1. The van der Waals surface area contributed by atoms with Gasteiger partial charge in [0.25, 0.3) is 0 Å². The van der Waals surface area contributed by atoms with Crippen LogP contribution in [0.2, 0.25) is 0 Å². The van der Waals surface area contributed by atoms with Crippen molar-refractivity contribution < 1.29 is 14.3 Å². The van der Waals surface area contributed by atoms with Gasteiger partial charge >= 0.3 is 0 Å². The SMILES string of the molecule is COc1cc(-c2ccc3ncc(-c4cnc5[nH]ccc5c4)n3n2)ccc1OCCN1CCCC1=O. The molecule has 0 spiro atoms. The lowest BCUT2D eigenvalue weighted by atomic mass is 10.1. The first-order chi connectivity index (χ1) is 17.2. The summed E-state index contributed by atoms with van der Waals surface area (Å²) in [5.74, 6) is 1.45. The number of nitrogens with zero attached hydrogens (tertiary/aromatic N) is 5. The monoisotopic (exact) mass is 468 g/mol. The van der Waals surface area contributed by atoms with E-state index in [0.717, 1.165) is 52.2 Å². The molecule has 0 atom stereocenters. The predicted octanol–water partition coefficient (Wildman–Crippen LogP) is 3.95. The van der Waals surface area contributed by atoms with Crippen LogP contribution in [-0.4, -0.2) is 62.2 Å². The van der Waals surface area contributed by atoms with Crippen molar-refractivity contribution in [1.82, 2.24) is 29.5 Å². The van der Waals surface area contributed by atoms with Gasteiger partial charge in [-0.3, -0.25) is 4.79 Å². The highest BCUT2D eigenvalue weighted by atomic mass is 16.5. The molecule has 1 aromatic carbocycles. The molecule has 0 aliphatic carbocycles. The first-order valence-corrected chi connectivity index (χ1v) is 11.6. The number of carbonyl (C=O) groups is 1. The molecule has 1 aliphatic heterocycles. The maximum Gasteiger partial charge on any atom is 0.222 e. The molecule has 0 radical (unpaired) electrons. The van der Waals surface area contributed by atoms with E-state index in [1.807, 2.05) is 64.4 Å². The number of pyridine rings is 1. The van der Waals surface area contributed by atoms with Crippen LogP contribution in [0.1, 0.15) is 12.8 Å². The second kappa shape index (κ2) is 8.75. The third kappa shape index (κ3) is 3.95. The van der Waals surface area contributed by atoms with Crippen molar-refractivity contribution in [2.45, 2.75) is 12.8 Å². The summed E-state index contributed by atoms with van der Waals surface area (Å²) >= 11 is 0. The number of benzene rings is 1. The Labute approximate surface area is 201 Å². The van der Waals surface area contributed by atoms with Crippen LogP contribution in [0.5, 0.6) is 11.5 Å². The van der Waals surface area contributed by atoms with Gasteiger partial charge in [0.05, 0.1) is 31.2 Å². The number of nitrogens with one attached hydrogen (secondary N) is 1. The number of imidazole rings is 1. The van der Waals surface area contributed by atoms with Crippen LogP contribution in [0, 0.1) is 0 Å². The zero-order chi connectivity index (χ0) is 23.8. The van der Waals surface area contributed by atoms with E-state index in [-0.39, 0.29) is 5.91 Å². The van der Waals surface area contributed by atoms with Crippen LogP contribution in [0.3, 0.4) is 0 Å². The summed E-state index contributed by atoms with van der Waals surface area (Å²) in [6.45, 7) is 1.80. The van der Waals surface area contributed by atoms with Crippen LogP contribution < -0.4 is 9.47 Å².